The number of carboxylic acids is 1. The number of amides is 1. The highest BCUT2D eigenvalue weighted by Crippen LogP contribution is 2.08. The predicted molar refractivity (Wildman–Crippen MR) is 71.1 cm³/mol. The lowest BCUT2D eigenvalue weighted by Gasteiger charge is -2.04. The van der Waals surface area contributed by atoms with Gasteiger partial charge in [-0.2, -0.15) is 4.98 Å². The molecular formula is C13H12N4O4. The largest absolute Gasteiger partial charge is 0.478 e. The number of carboxylic acid groups (broad SMARTS) is 1. The summed E-state index contributed by atoms with van der Waals surface area (Å²) in [5, 5.41) is 14.9. The molecule has 0 saturated carbocycles. The number of carbonyl (C=O) groups is 2. The Kier molecular flexibility index (Phi) is 4.39. The maximum absolute atomic E-state index is 12.0. The molecule has 21 heavy (non-hydrogen) atoms. The molecule has 0 aliphatic carbocycles. The van der Waals surface area contributed by atoms with Gasteiger partial charge in [0.25, 0.3) is 5.91 Å². The number of nitrogens with zero attached hydrogens (tertiary/aromatic N) is 3. The van der Waals surface area contributed by atoms with Crippen LogP contribution in [0.3, 0.4) is 0 Å². The molecule has 108 valence electrons. The van der Waals surface area contributed by atoms with E-state index in [2.05, 4.69) is 20.4 Å². The van der Waals surface area contributed by atoms with Crippen LogP contribution in [0.1, 0.15) is 27.8 Å². The molecule has 8 nitrogen and oxygen atoms in total. The molecule has 2 aromatic rings. The van der Waals surface area contributed by atoms with Crippen LogP contribution >= 0.6 is 0 Å². The average molecular weight is 288 g/mol. The number of pyridine rings is 1. The molecule has 0 radical (unpaired) electrons. The SMILES string of the molecule is Cc1nc(CNC(=O)c2ncccc2/C=C/C(=O)O)no1. The Morgan fingerprint density at radius 3 is 2.95 bits per heavy atom. The number of nitrogens with one attached hydrogen (secondary N) is 1. The first-order valence-corrected chi connectivity index (χ1v) is 5.99. The molecule has 0 atom stereocenters. The van der Waals surface area contributed by atoms with Crippen molar-refractivity contribution in [3.63, 3.8) is 0 Å². The summed E-state index contributed by atoms with van der Waals surface area (Å²) in [5.41, 5.74) is 0.525. The first-order chi connectivity index (χ1) is 10.1. The fourth-order valence-corrected chi connectivity index (χ4v) is 1.56. The van der Waals surface area contributed by atoms with Crippen LogP contribution in [0, 0.1) is 6.92 Å². The molecule has 0 saturated heterocycles. The Morgan fingerprint density at radius 1 is 1.48 bits per heavy atom. The Hall–Kier alpha value is -3.03. The fourth-order valence-electron chi connectivity index (χ4n) is 1.56. The normalized spacial score (nSPS) is 10.7. The van der Waals surface area contributed by atoms with Crippen LogP contribution in [0.25, 0.3) is 6.08 Å². The lowest BCUT2D eigenvalue weighted by Crippen LogP contribution is -2.25. The van der Waals surface area contributed by atoms with Crippen LogP contribution < -0.4 is 5.32 Å². The number of rotatable bonds is 5. The first-order valence-electron chi connectivity index (χ1n) is 5.99. The molecule has 1 amide bonds. The second-order valence-corrected chi connectivity index (χ2v) is 4.03. The third-order valence-corrected chi connectivity index (χ3v) is 2.44. The zero-order chi connectivity index (χ0) is 15.2. The van der Waals surface area contributed by atoms with E-state index in [0.29, 0.717) is 17.3 Å². The van der Waals surface area contributed by atoms with Crippen molar-refractivity contribution in [2.24, 2.45) is 0 Å². The van der Waals surface area contributed by atoms with Gasteiger partial charge in [0.2, 0.25) is 5.89 Å². The van der Waals surface area contributed by atoms with Crippen LogP contribution in [0.5, 0.6) is 0 Å². The number of aromatic nitrogens is 3. The summed E-state index contributed by atoms with van der Waals surface area (Å²) in [7, 11) is 0. The maximum Gasteiger partial charge on any atom is 0.328 e. The van der Waals surface area contributed by atoms with Gasteiger partial charge < -0.3 is 14.9 Å². The minimum Gasteiger partial charge on any atom is -0.478 e. The Morgan fingerprint density at radius 2 is 2.29 bits per heavy atom. The standard InChI is InChI=1S/C13H12N4O4/c1-8-16-10(17-21-8)7-15-13(20)12-9(3-2-6-14-12)4-5-11(18)19/h2-6H,7H2,1H3,(H,15,20)(H,18,19)/b5-4+. The molecule has 2 aromatic heterocycles. The summed E-state index contributed by atoms with van der Waals surface area (Å²) in [6.45, 7) is 1.74. The Labute approximate surface area is 119 Å². The van der Waals surface area contributed by atoms with Gasteiger partial charge in [-0.3, -0.25) is 9.78 Å². The van der Waals surface area contributed by atoms with E-state index in [1.165, 1.54) is 12.3 Å². The number of carbonyl (C=O) groups excluding carboxylic acids is 1. The van der Waals surface area contributed by atoms with E-state index in [-0.39, 0.29) is 12.2 Å². The first kappa shape index (κ1) is 14.4. The summed E-state index contributed by atoms with van der Waals surface area (Å²) in [6, 6.07) is 3.21. The number of aryl methyl sites for hydroxylation is 1. The van der Waals surface area contributed by atoms with Gasteiger partial charge in [-0.15, -0.1) is 0 Å². The summed E-state index contributed by atoms with van der Waals surface area (Å²) in [5.74, 6) is -0.808. The van der Waals surface area contributed by atoms with Gasteiger partial charge in [-0.1, -0.05) is 11.2 Å². The van der Waals surface area contributed by atoms with Crippen molar-refractivity contribution in [3.8, 4) is 0 Å². The van der Waals surface area contributed by atoms with Crippen LogP contribution in [-0.2, 0) is 11.3 Å². The minimum absolute atomic E-state index is 0.0921. The van der Waals surface area contributed by atoms with Crippen molar-refractivity contribution in [2.45, 2.75) is 13.5 Å². The van der Waals surface area contributed by atoms with Crippen LogP contribution in [0.4, 0.5) is 0 Å². The Balaban J connectivity index is 2.10. The predicted octanol–water partition coefficient (Wildman–Crippen LogP) is 0.801. The van der Waals surface area contributed by atoms with E-state index in [1.54, 1.807) is 19.1 Å². The van der Waals surface area contributed by atoms with E-state index < -0.39 is 11.9 Å². The van der Waals surface area contributed by atoms with E-state index in [9.17, 15) is 9.59 Å². The topological polar surface area (TPSA) is 118 Å². The number of hydrogen-bond donors (Lipinski definition) is 2. The summed E-state index contributed by atoms with van der Waals surface area (Å²) < 4.78 is 4.79. The van der Waals surface area contributed by atoms with Gasteiger partial charge in [0.05, 0.1) is 6.54 Å². The van der Waals surface area contributed by atoms with E-state index >= 15 is 0 Å². The van der Waals surface area contributed by atoms with E-state index in [4.69, 9.17) is 9.63 Å². The molecule has 0 unspecified atom stereocenters. The molecule has 0 fully saturated rings. The van der Waals surface area contributed by atoms with Crippen molar-refractivity contribution in [1.29, 1.82) is 0 Å². The summed E-state index contributed by atoms with van der Waals surface area (Å²) in [6.07, 6.45) is 3.70. The zero-order valence-corrected chi connectivity index (χ0v) is 11.1. The fraction of sp³-hybridized carbons (Fsp3) is 0.154. The molecule has 0 aliphatic heterocycles. The molecule has 0 bridgehead atoms. The molecule has 8 heteroatoms. The average Bonchev–Trinajstić information content (AvgIpc) is 2.88. The van der Waals surface area contributed by atoms with Gasteiger partial charge >= 0.3 is 5.97 Å². The van der Waals surface area contributed by atoms with Crippen LogP contribution in [0.2, 0.25) is 0 Å². The quantitative estimate of drug-likeness (QED) is 0.781. The molecule has 0 aliphatic rings. The second kappa shape index (κ2) is 6.42. The van der Waals surface area contributed by atoms with Gasteiger partial charge in [0.1, 0.15) is 5.69 Å². The number of aliphatic carboxylic acids is 1. The molecular weight excluding hydrogens is 276 g/mol. The highest BCUT2D eigenvalue weighted by Gasteiger charge is 2.12. The highest BCUT2D eigenvalue weighted by atomic mass is 16.5. The Bertz CT molecular complexity index is 693. The molecule has 2 N–H and O–H groups in total. The molecule has 0 spiro atoms. The maximum atomic E-state index is 12.0. The second-order valence-electron chi connectivity index (χ2n) is 4.03. The molecule has 2 heterocycles. The van der Waals surface area contributed by atoms with Gasteiger partial charge in [-0.25, -0.2) is 4.79 Å². The van der Waals surface area contributed by atoms with Crippen molar-refractivity contribution in [2.75, 3.05) is 0 Å². The van der Waals surface area contributed by atoms with Crippen molar-refractivity contribution < 1.29 is 19.2 Å². The van der Waals surface area contributed by atoms with Crippen molar-refractivity contribution in [1.82, 2.24) is 20.4 Å². The van der Waals surface area contributed by atoms with Gasteiger partial charge in [0, 0.05) is 24.8 Å². The van der Waals surface area contributed by atoms with Gasteiger partial charge in [0.15, 0.2) is 5.82 Å². The third-order valence-electron chi connectivity index (χ3n) is 2.44. The lowest BCUT2D eigenvalue weighted by atomic mass is 10.1. The smallest absolute Gasteiger partial charge is 0.328 e. The van der Waals surface area contributed by atoms with E-state index in [0.717, 1.165) is 6.08 Å². The molecule has 0 aromatic carbocycles. The monoisotopic (exact) mass is 288 g/mol. The van der Waals surface area contributed by atoms with E-state index in [1.807, 2.05) is 0 Å². The highest BCUT2D eigenvalue weighted by molar-refractivity contribution is 5.97. The number of hydrogen-bond acceptors (Lipinski definition) is 6. The summed E-state index contributed by atoms with van der Waals surface area (Å²) >= 11 is 0. The molecule has 2 rings (SSSR count). The minimum atomic E-state index is -1.10. The lowest BCUT2D eigenvalue weighted by molar-refractivity contribution is -0.131. The van der Waals surface area contributed by atoms with Crippen LogP contribution in [-0.4, -0.2) is 32.1 Å². The van der Waals surface area contributed by atoms with Crippen molar-refractivity contribution >= 4 is 18.0 Å². The summed E-state index contributed by atoms with van der Waals surface area (Å²) in [4.78, 5) is 30.5. The third kappa shape index (κ3) is 3.96. The van der Waals surface area contributed by atoms with Crippen molar-refractivity contribution in [3.05, 3.63) is 47.4 Å². The van der Waals surface area contributed by atoms with Crippen LogP contribution in [0.15, 0.2) is 28.9 Å². The zero-order valence-electron chi connectivity index (χ0n) is 11.1. The van der Waals surface area contributed by atoms with Gasteiger partial charge in [-0.05, 0) is 12.1 Å².